The molecule has 1 saturated carbocycles. The van der Waals surface area contributed by atoms with E-state index in [0.717, 1.165) is 18.9 Å². The second kappa shape index (κ2) is 6.34. The number of carboxylic acid groups (broad SMARTS) is 1. The molecule has 1 N–H and O–H groups in total. The van der Waals surface area contributed by atoms with Gasteiger partial charge in [0.15, 0.2) is 9.84 Å². The summed E-state index contributed by atoms with van der Waals surface area (Å²) in [6, 6.07) is 3.81. The molecule has 0 saturated heterocycles. The molecule has 5 nitrogen and oxygen atoms in total. The number of carboxylic acids is 1. The Hall–Kier alpha value is -1.11. The van der Waals surface area contributed by atoms with Crippen LogP contribution in [0.25, 0.3) is 0 Å². The van der Waals surface area contributed by atoms with Gasteiger partial charge in [-0.25, -0.2) is 13.2 Å². The maximum atomic E-state index is 12.6. The Balaban J connectivity index is 2.35. The van der Waals surface area contributed by atoms with E-state index in [-0.39, 0.29) is 21.6 Å². The third kappa shape index (κ3) is 3.39. The molecule has 0 amide bonds. The first-order valence-corrected chi connectivity index (χ1v) is 8.58. The van der Waals surface area contributed by atoms with E-state index < -0.39 is 21.1 Å². The van der Waals surface area contributed by atoms with Crippen molar-refractivity contribution in [2.45, 2.75) is 41.9 Å². The third-order valence-corrected chi connectivity index (χ3v) is 6.39. The second-order valence-electron chi connectivity index (χ2n) is 5.14. The zero-order valence-corrected chi connectivity index (χ0v) is 13.2. The van der Waals surface area contributed by atoms with E-state index in [4.69, 9.17) is 21.4 Å². The molecule has 0 spiro atoms. The van der Waals surface area contributed by atoms with Crippen LogP contribution in [-0.4, -0.2) is 38.0 Å². The third-order valence-electron chi connectivity index (χ3n) is 3.85. The number of carbonyl (C=O) groups is 1. The molecule has 1 aromatic carbocycles. The quantitative estimate of drug-likeness (QED) is 0.917. The van der Waals surface area contributed by atoms with E-state index in [9.17, 15) is 13.2 Å². The van der Waals surface area contributed by atoms with E-state index in [1.807, 2.05) is 0 Å². The Kier molecular flexibility index (Phi) is 4.91. The zero-order chi connectivity index (χ0) is 15.6. The molecule has 0 aliphatic heterocycles. The van der Waals surface area contributed by atoms with Gasteiger partial charge in [-0.15, -0.1) is 0 Å². The SMILES string of the molecule is COC1CCCC(S(=O)(=O)c2ccc(Cl)c(C(=O)O)c2)C1. The highest BCUT2D eigenvalue weighted by atomic mass is 35.5. The molecule has 1 fully saturated rings. The molecule has 2 atom stereocenters. The Morgan fingerprint density at radius 1 is 1.38 bits per heavy atom. The van der Waals surface area contributed by atoms with Crippen LogP contribution in [0, 0.1) is 0 Å². The van der Waals surface area contributed by atoms with Gasteiger partial charge >= 0.3 is 5.97 Å². The second-order valence-corrected chi connectivity index (χ2v) is 7.77. The first-order valence-electron chi connectivity index (χ1n) is 6.65. The summed E-state index contributed by atoms with van der Waals surface area (Å²) in [6.45, 7) is 0. The van der Waals surface area contributed by atoms with Crippen LogP contribution in [0.5, 0.6) is 0 Å². The van der Waals surface area contributed by atoms with Crippen molar-refractivity contribution in [3.05, 3.63) is 28.8 Å². The van der Waals surface area contributed by atoms with Crippen molar-refractivity contribution >= 4 is 27.4 Å². The van der Waals surface area contributed by atoms with Crippen molar-refractivity contribution in [2.24, 2.45) is 0 Å². The monoisotopic (exact) mass is 332 g/mol. The first-order chi connectivity index (χ1) is 9.86. The number of hydrogen-bond acceptors (Lipinski definition) is 4. The standard InChI is InChI=1S/C14H17ClO5S/c1-20-9-3-2-4-10(7-9)21(18,19)11-5-6-13(15)12(8-11)14(16)17/h5-6,8-10H,2-4,7H2,1H3,(H,16,17). The molecule has 2 rings (SSSR count). The maximum Gasteiger partial charge on any atom is 0.337 e. The number of benzene rings is 1. The largest absolute Gasteiger partial charge is 0.478 e. The summed E-state index contributed by atoms with van der Waals surface area (Å²) in [5.41, 5.74) is -0.197. The molecule has 2 unspecified atom stereocenters. The molecule has 116 valence electrons. The summed E-state index contributed by atoms with van der Waals surface area (Å²) in [7, 11) is -2.01. The highest BCUT2D eigenvalue weighted by Crippen LogP contribution is 2.31. The fraction of sp³-hybridized carbons (Fsp3) is 0.500. The fourth-order valence-corrected chi connectivity index (χ4v) is 4.70. The number of halogens is 1. The Bertz CT molecular complexity index is 641. The lowest BCUT2D eigenvalue weighted by Crippen LogP contribution is -2.31. The predicted molar refractivity (Wildman–Crippen MR) is 78.7 cm³/mol. The molecule has 0 heterocycles. The van der Waals surface area contributed by atoms with Crippen LogP contribution < -0.4 is 0 Å². The van der Waals surface area contributed by atoms with Crippen LogP contribution in [0.15, 0.2) is 23.1 Å². The van der Waals surface area contributed by atoms with Gasteiger partial charge < -0.3 is 9.84 Å². The molecule has 1 aliphatic carbocycles. The topological polar surface area (TPSA) is 80.7 Å². The molecule has 0 aromatic heterocycles. The van der Waals surface area contributed by atoms with E-state index >= 15 is 0 Å². The minimum Gasteiger partial charge on any atom is -0.478 e. The highest BCUT2D eigenvalue weighted by molar-refractivity contribution is 7.92. The molecule has 1 aromatic rings. The number of ether oxygens (including phenoxy) is 1. The van der Waals surface area contributed by atoms with Crippen LogP contribution in [0.4, 0.5) is 0 Å². The minimum atomic E-state index is -3.58. The smallest absolute Gasteiger partial charge is 0.337 e. The van der Waals surface area contributed by atoms with Crippen molar-refractivity contribution < 1.29 is 23.1 Å². The van der Waals surface area contributed by atoms with E-state index in [1.54, 1.807) is 7.11 Å². The number of aromatic carboxylic acids is 1. The van der Waals surface area contributed by atoms with Crippen LogP contribution >= 0.6 is 11.6 Å². The summed E-state index contributed by atoms with van der Waals surface area (Å²) in [5.74, 6) is -1.24. The van der Waals surface area contributed by atoms with Crippen LogP contribution in [0.3, 0.4) is 0 Å². The Labute approximate surface area is 128 Å². The van der Waals surface area contributed by atoms with Gasteiger partial charge in [-0.05, 0) is 43.9 Å². The van der Waals surface area contributed by atoms with Crippen molar-refractivity contribution in [3.63, 3.8) is 0 Å². The van der Waals surface area contributed by atoms with Gasteiger partial charge in [0.2, 0.25) is 0 Å². The molecule has 21 heavy (non-hydrogen) atoms. The van der Waals surface area contributed by atoms with E-state index in [0.29, 0.717) is 12.8 Å². The summed E-state index contributed by atoms with van der Waals surface area (Å²) < 4.78 is 30.5. The van der Waals surface area contributed by atoms with Gasteiger partial charge in [-0.3, -0.25) is 0 Å². The summed E-state index contributed by atoms with van der Waals surface area (Å²) >= 11 is 5.78. The predicted octanol–water partition coefficient (Wildman–Crippen LogP) is 2.77. The van der Waals surface area contributed by atoms with Gasteiger partial charge in [0.1, 0.15) is 0 Å². The Morgan fingerprint density at radius 3 is 2.71 bits per heavy atom. The number of methoxy groups -OCH3 is 1. The molecule has 1 aliphatic rings. The van der Waals surface area contributed by atoms with E-state index in [1.165, 1.54) is 12.1 Å². The van der Waals surface area contributed by atoms with Crippen LogP contribution in [0.2, 0.25) is 5.02 Å². The van der Waals surface area contributed by atoms with Crippen molar-refractivity contribution in [1.82, 2.24) is 0 Å². The Morgan fingerprint density at radius 2 is 2.10 bits per heavy atom. The van der Waals surface area contributed by atoms with Crippen molar-refractivity contribution in [3.8, 4) is 0 Å². The number of hydrogen-bond donors (Lipinski definition) is 1. The maximum absolute atomic E-state index is 12.6. The lowest BCUT2D eigenvalue weighted by Gasteiger charge is -2.28. The van der Waals surface area contributed by atoms with Crippen molar-refractivity contribution in [2.75, 3.05) is 7.11 Å². The van der Waals surface area contributed by atoms with Gasteiger partial charge in [0.25, 0.3) is 0 Å². The average Bonchev–Trinajstić information content (AvgIpc) is 2.47. The minimum absolute atomic E-state index is 0.00560. The lowest BCUT2D eigenvalue weighted by atomic mass is 9.97. The van der Waals surface area contributed by atoms with Gasteiger partial charge in [0.05, 0.1) is 26.8 Å². The number of sulfone groups is 1. The zero-order valence-electron chi connectivity index (χ0n) is 11.6. The van der Waals surface area contributed by atoms with E-state index in [2.05, 4.69) is 0 Å². The summed E-state index contributed by atoms with van der Waals surface area (Å²) in [4.78, 5) is 11.1. The average molecular weight is 333 g/mol. The van der Waals surface area contributed by atoms with Gasteiger partial charge in [0, 0.05) is 7.11 Å². The normalized spacial score (nSPS) is 23.0. The summed E-state index contributed by atoms with van der Waals surface area (Å²) in [5, 5.41) is 8.53. The molecular formula is C14H17ClO5S. The first kappa shape index (κ1) is 16.3. The molecule has 0 radical (unpaired) electrons. The lowest BCUT2D eigenvalue weighted by molar-refractivity contribution is 0.0696. The summed E-state index contributed by atoms with van der Waals surface area (Å²) in [6.07, 6.45) is 2.56. The fourth-order valence-electron chi connectivity index (χ4n) is 2.64. The van der Waals surface area contributed by atoms with Gasteiger partial charge in [-0.1, -0.05) is 11.6 Å². The van der Waals surface area contributed by atoms with Crippen molar-refractivity contribution in [1.29, 1.82) is 0 Å². The number of rotatable bonds is 4. The highest BCUT2D eigenvalue weighted by Gasteiger charge is 2.33. The molecule has 7 heteroatoms. The van der Waals surface area contributed by atoms with Crippen LogP contribution in [-0.2, 0) is 14.6 Å². The van der Waals surface area contributed by atoms with Gasteiger partial charge in [-0.2, -0.15) is 0 Å². The van der Waals surface area contributed by atoms with Crippen LogP contribution in [0.1, 0.15) is 36.0 Å². The molecular weight excluding hydrogens is 316 g/mol. The molecule has 0 bridgehead atoms.